The molecule has 1 aromatic heterocycles. The van der Waals surface area contributed by atoms with Crippen LogP contribution in [0.15, 0.2) is 200 Å². The summed E-state index contributed by atoms with van der Waals surface area (Å²) in [6, 6.07) is 71.3. The summed E-state index contributed by atoms with van der Waals surface area (Å²) >= 11 is 0. The number of nitrogens with zero attached hydrogens (tertiary/aromatic N) is 2. The van der Waals surface area contributed by atoms with Gasteiger partial charge in [-0.2, -0.15) is 0 Å². The van der Waals surface area contributed by atoms with Crippen molar-refractivity contribution in [2.24, 2.45) is 0 Å². The Morgan fingerprint density at radius 1 is 0.431 bits per heavy atom. The average Bonchev–Trinajstić information content (AvgIpc) is 3.58. The number of fused-ring (bicyclic) bond motifs is 9. The van der Waals surface area contributed by atoms with Crippen molar-refractivity contribution in [2.75, 3.05) is 0 Å². The zero-order valence-electron chi connectivity index (χ0n) is 32.1. The van der Waals surface area contributed by atoms with Crippen LogP contribution in [-0.4, -0.2) is 9.97 Å². The van der Waals surface area contributed by atoms with Crippen molar-refractivity contribution in [3.8, 4) is 67.7 Å². The molecule has 2 heterocycles. The summed E-state index contributed by atoms with van der Waals surface area (Å²) in [5.41, 5.74) is 17.7. The highest BCUT2D eigenvalue weighted by Crippen LogP contribution is 2.63. The molecular weight excluding hydrogens is 705 g/mol. The first kappa shape index (κ1) is 33.9. The Labute approximate surface area is 339 Å². The summed E-state index contributed by atoms with van der Waals surface area (Å²) in [5.74, 6) is 2.34. The zero-order chi connectivity index (χ0) is 38.6. The van der Waals surface area contributed by atoms with Crippen LogP contribution in [0.5, 0.6) is 11.5 Å². The topological polar surface area (TPSA) is 35.0 Å². The van der Waals surface area contributed by atoms with E-state index in [2.05, 4.69) is 189 Å². The molecule has 0 unspecified atom stereocenters. The summed E-state index contributed by atoms with van der Waals surface area (Å²) in [7, 11) is 0. The Morgan fingerprint density at radius 3 is 1.74 bits per heavy atom. The Kier molecular flexibility index (Phi) is 8.01. The molecule has 0 N–H and O–H groups in total. The molecule has 0 radical (unpaired) electrons. The molecule has 1 spiro atoms. The van der Waals surface area contributed by atoms with Crippen molar-refractivity contribution in [3.05, 3.63) is 239 Å². The lowest BCUT2D eigenvalue weighted by Crippen LogP contribution is -2.32. The SMILES string of the molecule is Cc1ccccc1-c1ccccc1Cc1ccc(-c2cc(-c3cccc4c3Oc3ccccc3C43c4ccccc4-c4ccccc43)nc(-c3ccccc3)n2)cc1. The molecule has 0 saturated carbocycles. The molecule has 9 aromatic rings. The summed E-state index contributed by atoms with van der Waals surface area (Å²) in [4.78, 5) is 10.5. The van der Waals surface area contributed by atoms with E-state index in [0.29, 0.717) is 5.82 Å². The van der Waals surface area contributed by atoms with E-state index in [0.717, 1.165) is 57.1 Å². The molecular formula is C55H38N2O. The molecule has 11 rings (SSSR count). The molecule has 3 heteroatoms. The number of rotatable bonds is 6. The number of hydrogen-bond acceptors (Lipinski definition) is 3. The number of aromatic nitrogens is 2. The van der Waals surface area contributed by atoms with Gasteiger partial charge in [-0.25, -0.2) is 9.97 Å². The van der Waals surface area contributed by atoms with Crippen molar-refractivity contribution in [2.45, 2.75) is 18.8 Å². The molecule has 8 aromatic carbocycles. The Morgan fingerprint density at radius 2 is 1.00 bits per heavy atom. The standard InChI is InChI=1S/C55H38N2O/c1-36-16-5-7-20-41(36)42-21-8-6-19-40(42)34-37-30-32-38(33-31-37)50-35-51(57-54(56-50)39-17-3-2-4-18-39)45-24-15-28-49-53(45)58-52-29-14-13-27-48(52)55(49)46-25-11-9-22-43(46)44-23-10-12-26-47(44)55/h2-33,35H,34H2,1H3. The maximum atomic E-state index is 7.03. The summed E-state index contributed by atoms with van der Waals surface area (Å²) in [5, 5.41) is 0. The summed E-state index contributed by atoms with van der Waals surface area (Å²) in [6.07, 6.45) is 0.831. The van der Waals surface area contributed by atoms with E-state index in [1.54, 1.807) is 0 Å². The van der Waals surface area contributed by atoms with Gasteiger partial charge in [0.05, 0.1) is 16.8 Å². The highest BCUT2D eigenvalue weighted by atomic mass is 16.5. The van der Waals surface area contributed by atoms with Gasteiger partial charge in [-0.1, -0.05) is 182 Å². The fourth-order valence-electron chi connectivity index (χ4n) is 9.35. The van der Waals surface area contributed by atoms with Crippen molar-refractivity contribution in [1.82, 2.24) is 9.97 Å². The smallest absolute Gasteiger partial charge is 0.160 e. The minimum atomic E-state index is -0.556. The van der Waals surface area contributed by atoms with Crippen LogP contribution >= 0.6 is 0 Å². The van der Waals surface area contributed by atoms with Crippen LogP contribution in [-0.2, 0) is 11.8 Å². The highest BCUT2D eigenvalue weighted by Gasteiger charge is 2.51. The molecule has 2 aliphatic rings. The monoisotopic (exact) mass is 742 g/mol. The molecule has 3 nitrogen and oxygen atoms in total. The highest BCUT2D eigenvalue weighted by molar-refractivity contribution is 5.90. The predicted octanol–water partition coefficient (Wildman–Crippen LogP) is 13.5. The van der Waals surface area contributed by atoms with E-state index in [-0.39, 0.29) is 0 Å². The van der Waals surface area contributed by atoms with Crippen LogP contribution < -0.4 is 4.74 Å². The number of hydrogen-bond donors (Lipinski definition) is 0. The molecule has 0 amide bonds. The first-order valence-electron chi connectivity index (χ1n) is 19.9. The van der Waals surface area contributed by atoms with Crippen molar-refractivity contribution < 1.29 is 4.74 Å². The van der Waals surface area contributed by atoms with Gasteiger partial charge in [-0.15, -0.1) is 0 Å². The predicted molar refractivity (Wildman–Crippen MR) is 235 cm³/mol. The molecule has 0 fully saturated rings. The van der Waals surface area contributed by atoms with Gasteiger partial charge in [0.2, 0.25) is 0 Å². The maximum absolute atomic E-state index is 7.03. The first-order valence-corrected chi connectivity index (χ1v) is 19.9. The van der Waals surface area contributed by atoms with Crippen LogP contribution in [0.25, 0.3) is 56.2 Å². The van der Waals surface area contributed by atoms with Gasteiger partial charge in [0.25, 0.3) is 0 Å². The lowest BCUT2D eigenvalue weighted by molar-refractivity contribution is 0.438. The third kappa shape index (κ3) is 5.35. The minimum Gasteiger partial charge on any atom is -0.456 e. The largest absolute Gasteiger partial charge is 0.456 e. The van der Waals surface area contributed by atoms with Gasteiger partial charge >= 0.3 is 0 Å². The molecule has 0 atom stereocenters. The third-order valence-electron chi connectivity index (χ3n) is 12.0. The second-order valence-electron chi connectivity index (χ2n) is 15.3. The number of aryl methyl sites for hydroxylation is 1. The van der Waals surface area contributed by atoms with Gasteiger partial charge in [0.15, 0.2) is 5.82 Å². The molecule has 274 valence electrons. The van der Waals surface area contributed by atoms with Gasteiger partial charge < -0.3 is 4.74 Å². The molecule has 1 aliphatic heterocycles. The van der Waals surface area contributed by atoms with E-state index >= 15 is 0 Å². The van der Waals surface area contributed by atoms with Crippen LogP contribution in [0, 0.1) is 6.92 Å². The fourth-order valence-corrected chi connectivity index (χ4v) is 9.35. The van der Waals surface area contributed by atoms with Crippen molar-refractivity contribution in [3.63, 3.8) is 0 Å². The fraction of sp³-hybridized carbons (Fsp3) is 0.0545. The first-order chi connectivity index (χ1) is 28.7. The van der Waals surface area contributed by atoms with Crippen molar-refractivity contribution in [1.29, 1.82) is 0 Å². The van der Waals surface area contributed by atoms with Gasteiger partial charge in [0.1, 0.15) is 11.5 Å². The third-order valence-corrected chi connectivity index (χ3v) is 12.0. The van der Waals surface area contributed by atoms with Crippen LogP contribution in [0.1, 0.15) is 38.9 Å². The molecule has 0 saturated heterocycles. The Hall–Kier alpha value is -7.36. The van der Waals surface area contributed by atoms with E-state index in [4.69, 9.17) is 14.7 Å². The van der Waals surface area contributed by atoms with Gasteiger partial charge in [-0.05, 0) is 81.6 Å². The molecule has 0 bridgehead atoms. The quantitative estimate of drug-likeness (QED) is 0.170. The van der Waals surface area contributed by atoms with E-state index in [1.165, 1.54) is 50.1 Å². The zero-order valence-corrected chi connectivity index (χ0v) is 32.1. The van der Waals surface area contributed by atoms with Crippen LogP contribution in [0.2, 0.25) is 0 Å². The van der Waals surface area contributed by atoms with Crippen LogP contribution in [0.3, 0.4) is 0 Å². The second-order valence-corrected chi connectivity index (χ2v) is 15.3. The minimum absolute atomic E-state index is 0.556. The lowest BCUT2D eigenvalue weighted by atomic mass is 9.65. The molecule has 1 aliphatic carbocycles. The lowest BCUT2D eigenvalue weighted by Gasteiger charge is -2.40. The second kappa shape index (κ2) is 13.7. The van der Waals surface area contributed by atoms with Crippen molar-refractivity contribution >= 4 is 0 Å². The Balaban J connectivity index is 1.05. The average molecular weight is 743 g/mol. The van der Waals surface area contributed by atoms with Crippen LogP contribution in [0.4, 0.5) is 0 Å². The summed E-state index contributed by atoms with van der Waals surface area (Å²) < 4.78 is 7.03. The van der Waals surface area contributed by atoms with Gasteiger partial charge in [0, 0.05) is 27.8 Å². The molecule has 58 heavy (non-hydrogen) atoms. The Bertz CT molecular complexity index is 2970. The van der Waals surface area contributed by atoms with E-state index in [9.17, 15) is 0 Å². The maximum Gasteiger partial charge on any atom is 0.160 e. The number of para-hydroxylation sites is 2. The van der Waals surface area contributed by atoms with Gasteiger partial charge in [-0.3, -0.25) is 0 Å². The van der Waals surface area contributed by atoms with E-state index < -0.39 is 5.41 Å². The number of benzene rings is 8. The normalized spacial score (nSPS) is 12.9. The van der Waals surface area contributed by atoms with E-state index in [1.807, 2.05) is 18.2 Å². The number of ether oxygens (including phenoxy) is 1. The summed E-state index contributed by atoms with van der Waals surface area (Å²) in [6.45, 7) is 2.18.